The molecule has 1 fully saturated rings. The highest BCUT2D eigenvalue weighted by Gasteiger charge is 2.34. The van der Waals surface area contributed by atoms with Crippen LogP contribution in [0.15, 0.2) is 0 Å². The Bertz CT molecular complexity index is 167. The fourth-order valence-corrected chi connectivity index (χ4v) is 1.95. The molecule has 0 bridgehead atoms. The Labute approximate surface area is 85.8 Å². The second-order valence-electron chi connectivity index (χ2n) is 4.55. The van der Waals surface area contributed by atoms with Crippen LogP contribution in [-0.4, -0.2) is 61.7 Å². The van der Waals surface area contributed by atoms with Crippen molar-refractivity contribution in [2.75, 3.05) is 33.9 Å². The number of likely N-dealkylation sites (tertiary alicyclic amines) is 1. The molecule has 1 heterocycles. The third-order valence-corrected chi connectivity index (χ3v) is 2.51. The maximum Gasteiger partial charge on any atom is 0.0971 e. The lowest BCUT2D eigenvalue weighted by atomic mass is 10.1. The van der Waals surface area contributed by atoms with E-state index in [0.29, 0.717) is 6.54 Å². The van der Waals surface area contributed by atoms with Crippen LogP contribution >= 0.6 is 0 Å². The van der Waals surface area contributed by atoms with Gasteiger partial charge in [-0.3, -0.25) is 4.90 Å². The van der Waals surface area contributed by atoms with E-state index in [9.17, 15) is 5.11 Å². The van der Waals surface area contributed by atoms with Crippen molar-refractivity contribution in [1.29, 1.82) is 0 Å². The zero-order valence-corrected chi connectivity index (χ0v) is 9.49. The number of nitrogens with zero attached hydrogens (tertiary/aromatic N) is 1. The number of methoxy groups -OCH3 is 2. The Morgan fingerprint density at radius 1 is 1.21 bits per heavy atom. The van der Waals surface area contributed by atoms with Gasteiger partial charge in [-0.1, -0.05) is 0 Å². The lowest BCUT2D eigenvalue weighted by molar-refractivity contribution is -0.00461. The fraction of sp³-hybridized carbons (Fsp3) is 1.00. The van der Waals surface area contributed by atoms with E-state index in [1.54, 1.807) is 14.2 Å². The van der Waals surface area contributed by atoms with Crippen molar-refractivity contribution in [1.82, 2.24) is 4.90 Å². The summed E-state index contributed by atoms with van der Waals surface area (Å²) in [4.78, 5) is 2.17. The topological polar surface area (TPSA) is 41.9 Å². The van der Waals surface area contributed by atoms with Gasteiger partial charge in [0.25, 0.3) is 0 Å². The highest BCUT2D eigenvalue weighted by atomic mass is 16.5. The standard InChI is InChI=1S/C10H21NO3/c1-10(2,12)7-11-5-8(13-3)9(6-11)14-4/h8-9,12H,5-7H2,1-4H3. The number of aliphatic hydroxyl groups is 1. The highest BCUT2D eigenvalue weighted by Crippen LogP contribution is 2.17. The smallest absolute Gasteiger partial charge is 0.0971 e. The van der Waals surface area contributed by atoms with E-state index in [1.165, 1.54) is 0 Å². The molecule has 0 aromatic heterocycles. The summed E-state index contributed by atoms with van der Waals surface area (Å²) in [6, 6.07) is 0. The average Bonchev–Trinajstić information content (AvgIpc) is 2.43. The van der Waals surface area contributed by atoms with Gasteiger partial charge in [-0.25, -0.2) is 0 Å². The van der Waals surface area contributed by atoms with Crippen LogP contribution in [0.2, 0.25) is 0 Å². The Balaban J connectivity index is 2.45. The van der Waals surface area contributed by atoms with Crippen molar-refractivity contribution in [2.45, 2.75) is 31.7 Å². The van der Waals surface area contributed by atoms with Crippen LogP contribution in [0.3, 0.4) is 0 Å². The predicted molar refractivity (Wildman–Crippen MR) is 54.3 cm³/mol. The first-order valence-corrected chi connectivity index (χ1v) is 4.96. The van der Waals surface area contributed by atoms with Gasteiger partial charge in [0.2, 0.25) is 0 Å². The third kappa shape index (κ3) is 3.20. The largest absolute Gasteiger partial charge is 0.389 e. The molecule has 1 aliphatic heterocycles. The van der Waals surface area contributed by atoms with Gasteiger partial charge < -0.3 is 14.6 Å². The summed E-state index contributed by atoms with van der Waals surface area (Å²) in [6.45, 7) is 5.95. The first kappa shape index (κ1) is 11.9. The van der Waals surface area contributed by atoms with Gasteiger partial charge in [0.1, 0.15) is 0 Å². The van der Waals surface area contributed by atoms with Crippen LogP contribution in [0.1, 0.15) is 13.8 Å². The summed E-state index contributed by atoms with van der Waals surface area (Å²) < 4.78 is 10.6. The summed E-state index contributed by atoms with van der Waals surface area (Å²) in [5.41, 5.74) is -0.652. The zero-order valence-electron chi connectivity index (χ0n) is 9.49. The van der Waals surface area contributed by atoms with Crippen molar-refractivity contribution in [2.24, 2.45) is 0 Å². The van der Waals surface area contributed by atoms with E-state index < -0.39 is 5.60 Å². The molecule has 14 heavy (non-hydrogen) atoms. The number of ether oxygens (including phenoxy) is 2. The van der Waals surface area contributed by atoms with E-state index in [-0.39, 0.29) is 12.2 Å². The van der Waals surface area contributed by atoms with Gasteiger partial charge in [-0.2, -0.15) is 0 Å². The molecule has 84 valence electrons. The molecule has 0 aromatic rings. The molecular formula is C10H21NO3. The van der Waals surface area contributed by atoms with Crippen LogP contribution in [0.25, 0.3) is 0 Å². The summed E-state index contributed by atoms with van der Waals surface area (Å²) in [5.74, 6) is 0. The van der Waals surface area contributed by atoms with Crippen LogP contribution in [0.5, 0.6) is 0 Å². The number of β-amino-alcohol motifs (C(OH)–C–C–N with tert-alkyl or cyclic N) is 1. The second kappa shape index (κ2) is 4.57. The maximum atomic E-state index is 9.67. The van der Waals surface area contributed by atoms with Crippen LogP contribution in [-0.2, 0) is 9.47 Å². The third-order valence-electron chi connectivity index (χ3n) is 2.51. The summed E-state index contributed by atoms with van der Waals surface area (Å²) >= 11 is 0. The quantitative estimate of drug-likeness (QED) is 0.704. The molecule has 1 saturated heterocycles. The molecule has 1 N–H and O–H groups in total. The van der Waals surface area contributed by atoms with Crippen LogP contribution in [0, 0.1) is 0 Å². The van der Waals surface area contributed by atoms with Crippen LogP contribution in [0.4, 0.5) is 0 Å². The van der Waals surface area contributed by atoms with E-state index in [2.05, 4.69) is 4.90 Å². The first-order chi connectivity index (χ1) is 6.46. The molecule has 1 aliphatic rings. The Kier molecular flexibility index (Phi) is 3.89. The Hall–Kier alpha value is -0.160. The molecule has 0 aromatic carbocycles. The monoisotopic (exact) mass is 203 g/mol. The number of hydrogen-bond acceptors (Lipinski definition) is 4. The number of hydrogen-bond donors (Lipinski definition) is 1. The van der Waals surface area contributed by atoms with Crippen molar-refractivity contribution in [3.63, 3.8) is 0 Å². The van der Waals surface area contributed by atoms with Crippen molar-refractivity contribution < 1.29 is 14.6 Å². The van der Waals surface area contributed by atoms with Gasteiger partial charge in [0.15, 0.2) is 0 Å². The molecule has 4 nitrogen and oxygen atoms in total. The van der Waals surface area contributed by atoms with Crippen molar-refractivity contribution in [3.05, 3.63) is 0 Å². The molecular weight excluding hydrogens is 182 g/mol. The van der Waals surface area contributed by atoms with E-state index in [4.69, 9.17) is 9.47 Å². The molecule has 0 radical (unpaired) electrons. The summed E-state index contributed by atoms with van der Waals surface area (Å²) in [6.07, 6.45) is 0.254. The lowest BCUT2D eigenvalue weighted by Crippen LogP contribution is -2.38. The van der Waals surface area contributed by atoms with Gasteiger partial charge in [0.05, 0.1) is 17.8 Å². The van der Waals surface area contributed by atoms with E-state index in [0.717, 1.165) is 13.1 Å². The molecule has 0 spiro atoms. The Morgan fingerprint density at radius 2 is 1.64 bits per heavy atom. The fourth-order valence-electron chi connectivity index (χ4n) is 1.95. The predicted octanol–water partition coefficient (Wildman–Crippen LogP) is 0.103. The lowest BCUT2D eigenvalue weighted by Gasteiger charge is -2.24. The minimum atomic E-state index is -0.652. The van der Waals surface area contributed by atoms with Crippen molar-refractivity contribution >= 4 is 0 Å². The maximum absolute atomic E-state index is 9.67. The van der Waals surface area contributed by atoms with Crippen molar-refractivity contribution in [3.8, 4) is 0 Å². The van der Waals surface area contributed by atoms with Crippen LogP contribution < -0.4 is 0 Å². The van der Waals surface area contributed by atoms with Gasteiger partial charge >= 0.3 is 0 Å². The molecule has 0 saturated carbocycles. The van der Waals surface area contributed by atoms with E-state index >= 15 is 0 Å². The van der Waals surface area contributed by atoms with Gasteiger partial charge in [-0.15, -0.1) is 0 Å². The molecule has 1 rings (SSSR count). The van der Waals surface area contributed by atoms with E-state index in [1.807, 2.05) is 13.8 Å². The van der Waals surface area contributed by atoms with Gasteiger partial charge in [-0.05, 0) is 13.8 Å². The first-order valence-electron chi connectivity index (χ1n) is 4.96. The summed E-state index contributed by atoms with van der Waals surface area (Å²) in [5, 5.41) is 9.67. The average molecular weight is 203 g/mol. The minimum absolute atomic E-state index is 0.127. The number of rotatable bonds is 4. The summed E-state index contributed by atoms with van der Waals surface area (Å²) in [7, 11) is 3.40. The normalized spacial score (nSPS) is 29.8. The van der Waals surface area contributed by atoms with Gasteiger partial charge in [0, 0.05) is 33.9 Å². The molecule has 2 atom stereocenters. The Morgan fingerprint density at radius 3 is 1.93 bits per heavy atom. The molecule has 0 amide bonds. The highest BCUT2D eigenvalue weighted by molar-refractivity contribution is 4.88. The second-order valence-corrected chi connectivity index (χ2v) is 4.55. The molecule has 4 heteroatoms. The SMILES string of the molecule is COC1CN(CC(C)(C)O)CC1OC. The molecule has 2 unspecified atom stereocenters. The zero-order chi connectivity index (χ0) is 10.8. The minimum Gasteiger partial charge on any atom is -0.389 e. The molecule has 0 aliphatic carbocycles.